The van der Waals surface area contributed by atoms with Gasteiger partial charge in [0.15, 0.2) is 0 Å². The monoisotopic (exact) mass is 312 g/mol. The summed E-state index contributed by atoms with van der Waals surface area (Å²) in [6, 6.07) is 9.27. The SMILES string of the molecule is [B][C@@H]1OC2C(C(=O)OCc3ccccc3)CC3C1OC3(C)[C@H]2C. The molecule has 5 unspecified atom stereocenters. The Hall–Kier alpha value is -1.33. The first kappa shape index (κ1) is 15.2. The second-order valence-electron chi connectivity index (χ2n) is 7.16. The minimum absolute atomic E-state index is 0.0978. The summed E-state index contributed by atoms with van der Waals surface area (Å²) in [5.41, 5.74) is 0.767. The van der Waals surface area contributed by atoms with Crippen LogP contribution in [0.5, 0.6) is 0 Å². The largest absolute Gasteiger partial charge is 0.461 e. The van der Waals surface area contributed by atoms with Crippen molar-refractivity contribution in [3.8, 4) is 0 Å². The van der Waals surface area contributed by atoms with Crippen LogP contribution in [0.3, 0.4) is 0 Å². The lowest BCUT2D eigenvalue weighted by Crippen LogP contribution is -2.67. The van der Waals surface area contributed by atoms with E-state index < -0.39 is 6.00 Å². The van der Waals surface area contributed by atoms with E-state index in [1.54, 1.807) is 0 Å². The van der Waals surface area contributed by atoms with E-state index in [-0.39, 0.29) is 41.5 Å². The quantitative estimate of drug-likeness (QED) is 0.633. The molecule has 2 radical (unpaired) electrons. The number of hydrogen-bond donors (Lipinski definition) is 0. The van der Waals surface area contributed by atoms with Crippen molar-refractivity contribution in [2.45, 2.75) is 50.7 Å². The van der Waals surface area contributed by atoms with Gasteiger partial charge in [-0.25, -0.2) is 0 Å². The Morgan fingerprint density at radius 3 is 2.83 bits per heavy atom. The van der Waals surface area contributed by atoms with E-state index in [9.17, 15) is 4.79 Å². The van der Waals surface area contributed by atoms with Gasteiger partial charge in [-0.3, -0.25) is 4.79 Å². The lowest BCUT2D eigenvalue weighted by atomic mass is 9.59. The van der Waals surface area contributed by atoms with Crippen molar-refractivity contribution < 1.29 is 19.0 Å². The van der Waals surface area contributed by atoms with Crippen molar-refractivity contribution in [3.63, 3.8) is 0 Å². The van der Waals surface area contributed by atoms with Crippen molar-refractivity contribution in [2.75, 3.05) is 0 Å². The number of rotatable bonds is 3. The summed E-state index contributed by atoms with van der Waals surface area (Å²) < 4.78 is 17.5. The zero-order chi connectivity index (χ0) is 16.2. The van der Waals surface area contributed by atoms with Crippen molar-refractivity contribution in [3.05, 3.63) is 35.9 Å². The van der Waals surface area contributed by atoms with Crippen LogP contribution in [0.25, 0.3) is 0 Å². The molecule has 4 heterocycles. The van der Waals surface area contributed by atoms with Crippen LogP contribution >= 0.6 is 0 Å². The maximum Gasteiger partial charge on any atom is 0.311 e. The molecule has 23 heavy (non-hydrogen) atoms. The minimum atomic E-state index is -0.449. The average molecular weight is 312 g/mol. The second kappa shape index (κ2) is 5.35. The summed E-state index contributed by atoms with van der Waals surface area (Å²) in [6.07, 6.45) is 0.402. The predicted octanol–water partition coefficient (Wildman–Crippen LogP) is 2.05. The zero-order valence-electron chi connectivity index (χ0n) is 13.5. The highest BCUT2D eigenvalue weighted by Gasteiger charge is 2.67. The van der Waals surface area contributed by atoms with Gasteiger partial charge < -0.3 is 14.2 Å². The molecule has 5 fully saturated rings. The Morgan fingerprint density at radius 1 is 1.35 bits per heavy atom. The van der Waals surface area contributed by atoms with Crippen molar-refractivity contribution in [1.29, 1.82) is 0 Å². The highest BCUT2D eigenvalue weighted by atomic mass is 16.6. The number of fused-ring (bicyclic) bond motifs is 1. The molecular formula is C18H21BO4. The van der Waals surface area contributed by atoms with E-state index in [0.29, 0.717) is 6.61 Å². The fraction of sp³-hybridized carbons (Fsp3) is 0.611. The van der Waals surface area contributed by atoms with Gasteiger partial charge in [-0.15, -0.1) is 0 Å². The molecule has 7 atom stereocenters. The molecule has 1 saturated carbocycles. The number of esters is 1. The topological polar surface area (TPSA) is 44.8 Å². The van der Waals surface area contributed by atoms with Gasteiger partial charge in [0, 0.05) is 17.8 Å². The first-order valence-electron chi connectivity index (χ1n) is 8.30. The Bertz CT molecular complexity index is 606. The van der Waals surface area contributed by atoms with Gasteiger partial charge in [0.25, 0.3) is 0 Å². The third kappa shape index (κ3) is 2.24. The highest BCUT2D eigenvalue weighted by Crippen LogP contribution is 2.58. The molecular weight excluding hydrogens is 291 g/mol. The van der Waals surface area contributed by atoms with E-state index in [1.807, 2.05) is 30.3 Å². The average Bonchev–Trinajstić information content (AvgIpc) is 2.76. The molecule has 1 aromatic carbocycles. The van der Waals surface area contributed by atoms with Crippen molar-refractivity contribution in [2.24, 2.45) is 17.8 Å². The standard InChI is InChI=1S/C18H21BO4/c1-10-14-12(17(20)21-9-11-6-4-3-5-7-11)8-13-15(16(19)22-14)23-18(10,13)2/h3-7,10,12-16H,8-9H2,1-2H3/t10-,12?,13?,14?,15?,16+,18?/m0/s1. The molecule has 6 rings (SSSR count). The summed E-state index contributed by atoms with van der Waals surface area (Å²) in [6.45, 7) is 4.49. The Balaban J connectivity index is 1.48. The van der Waals surface area contributed by atoms with Crippen LogP contribution in [0.1, 0.15) is 25.8 Å². The lowest BCUT2D eigenvalue weighted by Gasteiger charge is -2.59. The number of benzene rings is 1. The van der Waals surface area contributed by atoms with Crippen LogP contribution < -0.4 is 0 Å². The third-order valence-corrected chi connectivity index (χ3v) is 5.99. The second-order valence-corrected chi connectivity index (χ2v) is 7.16. The van der Waals surface area contributed by atoms with Crippen molar-refractivity contribution >= 4 is 13.8 Å². The normalized spacial score (nSPS) is 44.3. The fourth-order valence-corrected chi connectivity index (χ4v) is 4.45. The Morgan fingerprint density at radius 2 is 2.09 bits per heavy atom. The molecule has 1 aromatic rings. The molecule has 4 aliphatic heterocycles. The molecule has 4 bridgehead atoms. The summed E-state index contributed by atoms with van der Waals surface area (Å²) >= 11 is 0. The molecule has 1 aliphatic carbocycles. The minimum Gasteiger partial charge on any atom is -0.461 e. The van der Waals surface area contributed by atoms with Gasteiger partial charge in [-0.1, -0.05) is 37.3 Å². The number of carbonyl (C=O) groups is 1. The molecule has 120 valence electrons. The van der Waals surface area contributed by atoms with Crippen molar-refractivity contribution in [1.82, 2.24) is 0 Å². The Labute approximate surface area is 137 Å². The zero-order valence-corrected chi connectivity index (χ0v) is 13.5. The highest BCUT2D eigenvalue weighted by molar-refractivity contribution is 6.11. The molecule has 4 nitrogen and oxygen atoms in total. The predicted molar refractivity (Wildman–Crippen MR) is 84.7 cm³/mol. The smallest absolute Gasteiger partial charge is 0.311 e. The first-order valence-corrected chi connectivity index (χ1v) is 8.30. The molecule has 0 amide bonds. The fourth-order valence-electron chi connectivity index (χ4n) is 4.45. The van der Waals surface area contributed by atoms with Crippen LogP contribution in [-0.4, -0.2) is 37.6 Å². The van der Waals surface area contributed by atoms with Gasteiger partial charge in [-0.05, 0) is 18.9 Å². The van der Waals surface area contributed by atoms with E-state index in [2.05, 4.69) is 13.8 Å². The molecule has 0 spiro atoms. The summed E-state index contributed by atoms with van der Waals surface area (Å²) in [5, 5.41) is 0. The van der Waals surface area contributed by atoms with Gasteiger partial charge in [0.1, 0.15) is 14.5 Å². The van der Waals surface area contributed by atoms with Gasteiger partial charge >= 0.3 is 5.97 Å². The number of carbonyl (C=O) groups excluding carboxylic acids is 1. The summed E-state index contributed by atoms with van der Waals surface area (Å²) in [7, 11) is 6.09. The first-order chi connectivity index (χ1) is 11.0. The number of ether oxygens (including phenoxy) is 3. The van der Waals surface area contributed by atoms with Crippen LogP contribution in [0.15, 0.2) is 30.3 Å². The molecule has 0 aromatic heterocycles. The number of hydrogen-bond acceptors (Lipinski definition) is 4. The third-order valence-electron chi connectivity index (χ3n) is 5.99. The molecule has 0 N–H and O–H groups in total. The lowest BCUT2D eigenvalue weighted by molar-refractivity contribution is -0.282. The van der Waals surface area contributed by atoms with Crippen LogP contribution in [0.4, 0.5) is 0 Å². The van der Waals surface area contributed by atoms with Crippen LogP contribution in [0.2, 0.25) is 0 Å². The van der Waals surface area contributed by atoms with Gasteiger partial charge in [0.2, 0.25) is 0 Å². The van der Waals surface area contributed by atoms with E-state index >= 15 is 0 Å². The van der Waals surface area contributed by atoms with E-state index in [1.165, 1.54) is 0 Å². The summed E-state index contributed by atoms with van der Waals surface area (Å²) in [4.78, 5) is 12.6. The van der Waals surface area contributed by atoms with Crippen LogP contribution in [0, 0.1) is 17.8 Å². The van der Waals surface area contributed by atoms with E-state index in [0.717, 1.165) is 12.0 Å². The van der Waals surface area contributed by atoms with Gasteiger partial charge in [0.05, 0.1) is 23.7 Å². The molecule has 5 heteroatoms. The molecule has 4 saturated heterocycles. The Kier molecular flexibility index (Phi) is 3.54. The maximum atomic E-state index is 12.6. The van der Waals surface area contributed by atoms with Crippen LogP contribution in [-0.2, 0) is 25.6 Å². The van der Waals surface area contributed by atoms with Gasteiger partial charge in [-0.2, -0.15) is 0 Å². The van der Waals surface area contributed by atoms with E-state index in [4.69, 9.17) is 22.1 Å². The summed E-state index contributed by atoms with van der Waals surface area (Å²) in [5.74, 6) is -0.0555. The molecule has 5 aliphatic rings. The maximum absolute atomic E-state index is 12.6.